The summed E-state index contributed by atoms with van der Waals surface area (Å²) in [6.45, 7) is 7.28. The summed E-state index contributed by atoms with van der Waals surface area (Å²) in [7, 11) is -3.72. The molecule has 2 aromatic carbocycles. The molecule has 0 bridgehead atoms. The summed E-state index contributed by atoms with van der Waals surface area (Å²) >= 11 is 0. The van der Waals surface area contributed by atoms with Crippen molar-refractivity contribution in [3.05, 3.63) is 65.2 Å². The topological polar surface area (TPSA) is 72.2 Å². The Labute approximate surface area is 147 Å². The molecule has 0 amide bonds. The highest BCUT2D eigenvalue weighted by molar-refractivity contribution is 7.92. The SMILES string of the molecule is Cc1ncc(-c2ccc(C)c(S(=O)(=O)Nc3c(C)cccc3C)c2)o1. The lowest BCUT2D eigenvalue weighted by molar-refractivity contribution is 0.534. The number of para-hydroxylation sites is 1. The first-order valence-corrected chi connectivity index (χ1v) is 9.39. The molecule has 6 heteroatoms. The van der Waals surface area contributed by atoms with Crippen LogP contribution in [0.5, 0.6) is 0 Å². The molecule has 3 aromatic rings. The highest BCUT2D eigenvalue weighted by atomic mass is 32.2. The van der Waals surface area contributed by atoms with Crippen LogP contribution in [0.25, 0.3) is 11.3 Å². The van der Waals surface area contributed by atoms with Crippen molar-refractivity contribution in [1.82, 2.24) is 4.98 Å². The van der Waals surface area contributed by atoms with E-state index in [1.54, 1.807) is 32.2 Å². The minimum Gasteiger partial charge on any atom is -0.441 e. The molecule has 0 aliphatic rings. The van der Waals surface area contributed by atoms with Gasteiger partial charge in [-0.1, -0.05) is 30.3 Å². The van der Waals surface area contributed by atoms with Crippen molar-refractivity contribution in [2.45, 2.75) is 32.6 Å². The Morgan fingerprint density at radius 2 is 1.64 bits per heavy atom. The quantitative estimate of drug-likeness (QED) is 0.753. The van der Waals surface area contributed by atoms with Gasteiger partial charge in [0.15, 0.2) is 11.7 Å². The summed E-state index contributed by atoms with van der Waals surface area (Å²) in [5.74, 6) is 1.08. The second-order valence-electron chi connectivity index (χ2n) is 6.10. The fourth-order valence-electron chi connectivity index (χ4n) is 2.70. The second kappa shape index (κ2) is 6.37. The van der Waals surface area contributed by atoms with Crippen molar-refractivity contribution in [1.29, 1.82) is 0 Å². The second-order valence-corrected chi connectivity index (χ2v) is 7.75. The number of aryl methyl sites for hydroxylation is 4. The van der Waals surface area contributed by atoms with Gasteiger partial charge in [0.25, 0.3) is 10.0 Å². The maximum absolute atomic E-state index is 13.0. The number of oxazole rings is 1. The lowest BCUT2D eigenvalue weighted by atomic mass is 10.1. The minimum atomic E-state index is -3.72. The first-order chi connectivity index (χ1) is 11.8. The van der Waals surface area contributed by atoms with Gasteiger partial charge in [-0.3, -0.25) is 4.72 Å². The molecule has 5 nitrogen and oxygen atoms in total. The Hall–Kier alpha value is -2.60. The van der Waals surface area contributed by atoms with E-state index in [-0.39, 0.29) is 4.90 Å². The van der Waals surface area contributed by atoms with Crippen molar-refractivity contribution in [2.24, 2.45) is 0 Å². The molecule has 0 atom stereocenters. The summed E-state index contributed by atoms with van der Waals surface area (Å²) in [6, 6.07) is 10.9. The standard InChI is InChI=1S/C19H20N2O3S/c1-12-8-9-16(17-11-20-15(4)24-17)10-18(12)25(22,23)21-19-13(2)6-5-7-14(19)3/h5-11,21H,1-4H3. The monoisotopic (exact) mass is 356 g/mol. The lowest BCUT2D eigenvalue weighted by Gasteiger charge is -2.15. The summed E-state index contributed by atoms with van der Waals surface area (Å²) in [6.07, 6.45) is 1.59. The molecule has 0 unspecified atom stereocenters. The number of anilines is 1. The zero-order valence-electron chi connectivity index (χ0n) is 14.6. The van der Waals surface area contributed by atoms with Crippen molar-refractivity contribution < 1.29 is 12.8 Å². The summed E-state index contributed by atoms with van der Waals surface area (Å²) in [4.78, 5) is 4.29. The fraction of sp³-hybridized carbons (Fsp3) is 0.211. The van der Waals surface area contributed by atoms with Crippen molar-refractivity contribution >= 4 is 15.7 Å². The van der Waals surface area contributed by atoms with Crippen molar-refractivity contribution in [3.63, 3.8) is 0 Å². The fourth-order valence-corrected chi connectivity index (χ4v) is 4.18. The number of sulfonamides is 1. The van der Waals surface area contributed by atoms with E-state index in [0.29, 0.717) is 28.5 Å². The molecular formula is C19H20N2O3S. The highest BCUT2D eigenvalue weighted by Gasteiger charge is 2.20. The number of rotatable bonds is 4. The third kappa shape index (κ3) is 3.44. The van der Waals surface area contributed by atoms with Gasteiger partial charge in [0.05, 0.1) is 16.8 Å². The van der Waals surface area contributed by atoms with Crippen LogP contribution in [0, 0.1) is 27.7 Å². The predicted octanol–water partition coefficient (Wildman–Crippen LogP) is 4.38. The molecule has 130 valence electrons. The molecule has 0 spiro atoms. The average molecular weight is 356 g/mol. The molecule has 0 saturated heterocycles. The maximum Gasteiger partial charge on any atom is 0.262 e. The Balaban J connectivity index is 2.05. The third-order valence-corrected chi connectivity index (χ3v) is 5.59. The average Bonchev–Trinajstić information content (AvgIpc) is 2.98. The highest BCUT2D eigenvalue weighted by Crippen LogP contribution is 2.28. The van der Waals surface area contributed by atoms with Gasteiger partial charge in [-0.25, -0.2) is 13.4 Å². The van der Waals surface area contributed by atoms with E-state index < -0.39 is 10.0 Å². The van der Waals surface area contributed by atoms with Crippen LogP contribution in [-0.4, -0.2) is 13.4 Å². The summed E-state index contributed by atoms with van der Waals surface area (Å²) < 4.78 is 34.1. The molecular weight excluding hydrogens is 336 g/mol. The van der Waals surface area contributed by atoms with E-state index in [4.69, 9.17) is 4.42 Å². The van der Waals surface area contributed by atoms with Gasteiger partial charge in [-0.15, -0.1) is 0 Å². The molecule has 0 fully saturated rings. The zero-order valence-corrected chi connectivity index (χ0v) is 15.4. The van der Waals surface area contributed by atoms with Crippen LogP contribution >= 0.6 is 0 Å². The third-order valence-electron chi connectivity index (χ3n) is 4.10. The molecule has 0 aliphatic heterocycles. The van der Waals surface area contributed by atoms with Gasteiger partial charge in [0.2, 0.25) is 0 Å². The van der Waals surface area contributed by atoms with Gasteiger partial charge in [-0.2, -0.15) is 0 Å². The molecule has 3 rings (SSSR count). The van der Waals surface area contributed by atoms with Gasteiger partial charge >= 0.3 is 0 Å². The molecule has 1 aromatic heterocycles. The van der Waals surface area contributed by atoms with Crippen LogP contribution in [0.15, 0.2) is 51.9 Å². The van der Waals surface area contributed by atoms with E-state index in [1.165, 1.54) is 0 Å². The van der Waals surface area contributed by atoms with E-state index in [9.17, 15) is 8.42 Å². The van der Waals surface area contributed by atoms with Crippen LogP contribution in [0.2, 0.25) is 0 Å². The lowest BCUT2D eigenvalue weighted by Crippen LogP contribution is -2.16. The van der Waals surface area contributed by atoms with Crippen LogP contribution in [0.3, 0.4) is 0 Å². The summed E-state index contributed by atoms with van der Waals surface area (Å²) in [5.41, 5.74) is 3.71. The van der Waals surface area contributed by atoms with Crippen LogP contribution < -0.4 is 4.72 Å². The number of hydrogen-bond acceptors (Lipinski definition) is 4. The van der Waals surface area contributed by atoms with E-state index in [2.05, 4.69) is 9.71 Å². The maximum atomic E-state index is 13.0. The van der Waals surface area contributed by atoms with Crippen LogP contribution in [0.4, 0.5) is 5.69 Å². The molecule has 25 heavy (non-hydrogen) atoms. The number of hydrogen-bond donors (Lipinski definition) is 1. The first kappa shape index (κ1) is 17.2. The Morgan fingerprint density at radius 1 is 0.960 bits per heavy atom. The van der Waals surface area contributed by atoms with Gasteiger partial charge in [0, 0.05) is 12.5 Å². The number of nitrogens with zero attached hydrogens (tertiary/aromatic N) is 1. The van der Waals surface area contributed by atoms with Crippen LogP contribution in [-0.2, 0) is 10.0 Å². The number of aromatic nitrogens is 1. The van der Waals surface area contributed by atoms with Gasteiger partial charge in [-0.05, 0) is 43.5 Å². The molecule has 0 saturated carbocycles. The Bertz CT molecular complexity index is 1020. The van der Waals surface area contributed by atoms with Gasteiger partial charge in [0.1, 0.15) is 0 Å². The minimum absolute atomic E-state index is 0.224. The molecule has 0 aliphatic carbocycles. The summed E-state index contributed by atoms with van der Waals surface area (Å²) in [5, 5.41) is 0. The Kier molecular flexibility index (Phi) is 4.39. The molecule has 0 radical (unpaired) electrons. The van der Waals surface area contributed by atoms with Crippen LogP contribution in [0.1, 0.15) is 22.6 Å². The van der Waals surface area contributed by atoms with Crippen molar-refractivity contribution in [3.8, 4) is 11.3 Å². The van der Waals surface area contributed by atoms with E-state index in [1.807, 2.05) is 38.1 Å². The van der Waals surface area contributed by atoms with Gasteiger partial charge < -0.3 is 4.42 Å². The Morgan fingerprint density at radius 3 is 2.24 bits per heavy atom. The van der Waals surface area contributed by atoms with Crippen molar-refractivity contribution in [2.75, 3.05) is 4.72 Å². The predicted molar refractivity (Wildman–Crippen MR) is 98.1 cm³/mol. The number of benzene rings is 2. The smallest absolute Gasteiger partial charge is 0.262 e. The van der Waals surface area contributed by atoms with E-state index in [0.717, 1.165) is 11.1 Å². The molecule has 1 heterocycles. The zero-order chi connectivity index (χ0) is 18.2. The first-order valence-electron chi connectivity index (χ1n) is 7.90. The molecule has 1 N–H and O–H groups in total. The van der Waals surface area contributed by atoms with E-state index >= 15 is 0 Å². The largest absolute Gasteiger partial charge is 0.441 e. The normalized spacial score (nSPS) is 11.5. The number of nitrogens with one attached hydrogen (secondary N) is 1.